The highest BCUT2D eigenvalue weighted by molar-refractivity contribution is 6.06. The van der Waals surface area contributed by atoms with E-state index in [2.05, 4.69) is 5.10 Å². The number of ether oxygens (including phenoxy) is 1. The Kier molecular flexibility index (Phi) is 5.89. The number of hydrogen-bond donors (Lipinski definition) is 1. The number of carbonyl (C=O) groups excluding carboxylic acids is 1. The number of carbonyl (C=O) groups is 2. The molecule has 6 nitrogen and oxygen atoms in total. The standard InChI is InChI=1S/C18H20N2O4/c1-13(2)20-12-15(11-19-20)16(21)8-7-14-5-3-4-6-17(14)24-10-9-18(22)23/h3-8,11-13H,9-10H2,1-2H3,(H,22,23)/b8-7+. The van der Waals surface area contributed by atoms with Gasteiger partial charge in [-0.15, -0.1) is 0 Å². The highest BCUT2D eigenvalue weighted by Gasteiger charge is 2.08. The molecule has 0 bridgehead atoms. The zero-order chi connectivity index (χ0) is 17.5. The lowest BCUT2D eigenvalue weighted by molar-refractivity contribution is -0.137. The Hall–Kier alpha value is -2.89. The van der Waals surface area contributed by atoms with Crippen molar-refractivity contribution in [1.82, 2.24) is 9.78 Å². The average molecular weight is 328 g/mol. The van der Waals surface area contributed by atoms with Gasteiger partial charge in [0.1, 0.15) is 5.75 Å². The predicted molar refractivity (Wildman–Crippen MR) is 90.2 cm³/mol. The van der Waals surface area contributed by atoms with Gasteiger partial charge in [-0.05, 0) is 32.1 Å². The summed E-state index contributed by atoms with van der Waals surface area (Å²) in [7, 11) is 0. The van der Waals surface area contributed by atoms with Gasteiger partial charge in [0.25, 0.3) is 0 Å². The average Bonchev–Trinajstić information content (AvgIpc) is 3.03. The minimum Gasteiger partial charge on any atom is -0.492 e. The Morgan fingerprint density at radius 1 is 1.33 bits per heavy atom. The van der Waals surface area contributed by atoms with Crippen LogP contribution in [0.2, 0.25) is 0 Å². The molecule has 0 atom stereocenters. The van der Waals surface area contributed by atoms with Crippen LogP contribution >= 0.6 is 0 Å². The summed E-state index contributed by atoms with van der Waals surface area (Å²) in [6, 6.07) is 7.35. The molecule has 1 heterocycles. The van der Waals surface area contributed by atoms with Crippen LogP contribution in [0.1, 0.15) is 42.2 Å². The van der Waals surface area contributed by atoms with Gasteiger partial charge in [0, 0.05) is 17.8 Å². The van der Waals surface area contributed by atoms with Crippen molar-refractivity contribution in [2.45, 2.75) is 26.3 Å². The predicted octanol–water partition coefficient (Wildman–Crippen LogP) is 3.21. The van der Waals surface area contributed by atoms with E-state index >= 15 is 0 Å². The number of nitrogens with zero attached hydrogens (tertiary/aromatic N) is 2. The molecule has 2 rings (SSSR count). The van der Waals surface area contributed by atoms with Crippen LogP contribution in [-0.2, 0) is 4.79 Å². The van der Waals surface area contributed by atoms with Gasteiger partial charge in [-0.3, -0.25) is 14.3 Å². The molecule has 0 unspecified atom stereocenters. The maximum absolute atomic E-state index is 12.2. The van der Waals surface area contributed by atoms with Crippen molar-refractivity contribution < 1.29 is 19.4 Å². The number of aliphatic carboxylic acids is 1. The quantitative estimate of drug-likeness (QED) is 0.594. The second kappa shape index (κ2) is 8.10. The monoisotopic (exact) mass is 328 g/mol. The van der Waals surface area contributed by atoms with Crippen molar-refractivity contribution in [3.8, 4) is 5.75 Å². The van der Waals surface area contributed by atoms with Crippen molar-refractivity contribution in [2.24, 2.45) is 0 Å². The summed E-state index contributed by atoms with van der Waals surface area (Å²) in [5.74, 6) is -0.525. The minimum absolute atomic E-state index is 0.0780. The number of allylic oxidation sites excluding steroid dienone is 1. The normalized spacial score (nSPS) is 11.1. The summed E-state index contributed by atoms with van der Waals surface area (Å²) >= 11 is 0. The maximum atomic E-state index is 12.2. The van der Waals surface area contributed by atoms with E-state index in [1.807, 2.05) is 19.9 Å². The molecule has 0 spiro atoms. The SMILES string of the molecule is CC(C)n1cc(C(=O)/C=C/c2ccccc2OCCC(=O)O)cn1. The first-order valence-corrected chi connectivity index (χ1v) is 7.67. The van der Waals surface area contributed by atoms with Gasteiger partial charge >= 0.3 is 5.97 Å². The fraction of sp³-hybridized carbons (Fsp3) is 0.278. The molecular weight excluding hydrogens is 308 g/mol. The number of para-hydroxylation sites is 1. The van der Waals surface area contributed by atoms with E-state index in [0.29, 0.717) is 16.9 Å². The third kappa shape index (κ3) is 4.81. The Bertz CT molecular complexity index is 747. The molecule has 0 radical (unpaired) electrons. The molecule has 0 aliphatic heterocycles. The van der Waals surface area contributed by atoms with Crippen LogP contribution < -0.4 is 4.74 Å². The van der Waals surface area contributed by atoms with Crippen LogP contribution in [-0.4, -0.2) is 33.2 Å². The van der Waals surface area contributed by atoms with Crippen molar-refractivity contribution in [3.63, 3.8) is 0 Å². The molecular formula is C18H20N2O4. The number of carboxylic acids is 1. The Labute approximate surface area is 140 Å². The number of hydrogen-bond acceptors (Lipinski definition) is 4. The van der Waals surface area contributed by atoms with E-state index in [9.17, 15) is 9.59 Å². The summed E-state index contributed by atoms with van der Waals surface area (Å²) < 4.78 is 7.19. The third-order valence-electron chi connectivity index (χ3n) is 3.32. The highest BCUT2D eigenvalue weighted by Crippen LogP contribution is 2.20. The summed E-state index contributed by atoms with van der Waals surface area (Å²) in [6.45, 7) is 4.05. The summed E-state index contributed by atoms with van der Waals surface area (Å²) in [4.78, 5) is 22.8. The zero-order valence-electron chi connectivity index (χ0n) is 13.7. The van der Waals surface area contributed by atoms with Crippen LogP contribution in [0.4, 0.5) is 0 Å². The second-order valence-electron chi connectivity index (χ2n) is 5.53. The van der Waals surface area contributed by atoms with Crippen LogP contribution in [0.3, 0.4) is 0 Å². The lowest BCUT2D eigenvalue weighted by atomic mass is 10.1. The van der Waals surface area contributed by atoms with Crippen molar-refractivity contribution in [1.29, 1.82) is 0 Å². The maximum Gasteiger partial charge on any atom is 0.306 e. The summed E-state index contributed by atoms with van der Waals surface area (Å²) in [6.07, 6.45) is 6.30. The van der Waals surface area contributed by atoms with Crippen molar-refractivity contribution in [3.05, 3.63) is 53.9 Å². The molecule has 0 fully saturated rings. The molecule has 126 valence electrons. The number of ketones is 1. The lowest BCUT2D eigenvalue weighted by Crippen LogP contribution is -2.05. The molecule has 1 aromatic heterocycles. The van der Waals surface area contributed by atoms with Gasteiger partial charge in [-0.25, -0.2) is 0 Å². The van der Waals surface area contributed by atoms with Gasteiger partial charge in [0.05, 0.1) is 24.8 Å². The van der Waals surface area contributed by atoms with Gasteiger partial charge in [-0.1, -0.05) is 18.2 Å². The van der Waals surface area contributed by atoms with Crippen LogP contribution in [0, 0.1) is 0 Å². The highest BCUT2D eigenvalue weighted by atomic mass is 16.5. The van der Waals surface area contributed by atoms with Gasteiger partial charge < -0.3 is 9.84 Å². The van der Waals surface area contributed by atoms with Gasteiger partial charge in [0.2, 0.25) is 0 Å². The topological polar surface area (TPSA) is 81.4 Å². The van der Waals surface area contributed by atoms with E-state index in [4.69, 9.17) is 9.84 Å². The second-order valence-corrected chi connectivity index (χ2v) is 5.53. The molecule has 1 N–H and O–H groups in total. The smallest absolute Gasteiger partial charge is 0.306 e. The summed E-state index contributed by atoms with van der Waals surface area (Å²) in [5.41, 5.74) is 1.23. The fourth-order valence-corrected chi connectivity index (χ4v) is 2.01. The van der Waals surface area contributed by atoms with E-state index in [-0.39, 0.29) is 24.9 Å². The molecule has 0 aliphatic carbocycles. The Morgan fingerprint density at radius 2 is 2.08 bits per heavy atom. The van der Waals surface area contributed by atoms with E-state index < -0.39 is 5.97 Å². The van der Waals surface area contributed by atoms with E-state index in [1.54, 1.807) is 41.4 Å². The molecule has 24 heavy (non-hydrogen) atoms. The van der Waals surface area contributed by atoms with Gasteiger partial charge in [-0.2, -0.15) is 5.10 Å². The number of rotatable bonds is 8. The number of benzene rings is 1. The van der Waals surface area contributed by atoms with E-state index in [0.717, 1.165) is 0 Å². The minimum atomic E-state index is -0.916. The molecule has 0 aliphatic rings. The van der Waals surface area contributed by atoms with Gasteiger partial charge in [0.15, 0.2) is 5.78 Å². The first-order valence-electron chi connectivity index (χ1n) is 7.67. The Morgan fingerprint density at radius 3 is 2.75 bits per heavy atom. The Balaban J connectivity index is 2.07. The largest absolute Gasteiger partial charge is 0.492 e. The molecule has 2 aromatic rings. The molecule has 6 heteroatoms. The van der Waals surface area contributed by atoms with Crippen molar-refractivity contribution in [2.75, 3.05) is 6.61 Å². The summed E-state index contributed by atoms with van der Waals surface area (Å²) in [5, 5.41) is 12.8. The first-order chi connectivity index (χ1) is 11.5. The van der Waals surface area contributed by atoms with Crippen LogP contribution in [0.25, 0.3) is 6.08 Å². The number of carboxylic acid groups (broad SMARTS) is 1. The molecule has 1 aromatic carbocycles. The van der Waals surface area contributed by atoms with Crippen molar-refractivity contribution >= 4 is 17.8 Å². The lowest BCUT2D eigenvalue weighted by Gasteiger charge is -2.07. The zero-order valence-corrected chi connectivity index (χ0v) is 13.7. The molecule has 0 saturated heterocycles. The van der Waals surface area contributed by atoms with Crippen LogP contribution in [0.5, 0.6) is 5.75 Å². The van der Waals surface area contributed by atoms with E-state index in [1.165, 1.54) is 6.08 Å². The fourth-order valence-electron chi connectivity index (χ4n) is 2.01. The molecule has 0 saturated carbocycles. The third-order valence-corrected chi connectivity index (χ3v) is 3.32. The number of aromatic nitrogens is 2. The van der Waals surface area contributed by atoms with Crippen LogP contribution in [0.15, 0.2) is 42.7 Å². The molecule has 0 amide bonds. The first kappa shape index (κ1) is 17.5.